The molecule has 0 bridgehead atoms. The first kappa shape index (κ1) is 16.2. The maximum Gasteiger partial charge on any atom is 0.258 e. The van der Waals surface area contributed by atoms with E-state index in [0.29, 0.717) is 5.56 Å². The maximum atomic E-state index is 13.9. The lowest BCUT2D eigenvalue weighted by atomic mass is 10.1. The van der Waals surface area contributed by atoms with Gasteiger partial charge in [-0.3, -0.25) is 4.79 Å². The zero-order valence-corrected chi connectivity index (χ0v) is 11.1. The number of aliphatic hydroxyl groups is 1. The Kier molecular flexibility index (Phi) is 6.41. The monoisotopic (exact) mass is 285 g/mol. The number of aliphatic hydroxyl groups excluding tert-OH is 1. The van der Waals surface area contributed by atoms with Crippen molar-refractivity contribution in [2.75, 3.05) is 19.7 Å². The fourth-order valence-corrected chi connectivity index (χ4v) is 1.53. The number of carbonyl (C=O) groups excluding carboxylic acids is 1. The van der Waals surface area contributed by atoms with E-state index in [1.807, 2.05) is 0 Å². The summed E-state index contributed by atoms with van der Waals surface area (Å²) in [6.45, 7) is -0.656. The van der Waals surface area contributed by atoms with E-state index >= 15 is 0 Å². The molecule has 0 saturated heterocycles. The summed E-state index contributed by atoms with van der Waals surface area (Å²) in [7, 11) is 0. The average Bonchev–Trinajstić information content (AvgIpc) is 2.47. The van der Waals surface area contributed by atoms with E-state index in [2.05, 4.69) is 11.8 Å². The standard InChI is InChI=1S/C15H12FN3O2/c16-14-11-12(3-1-2-10-20)4-5-13(14)15(21)19(8-6-17)9-7-18/h4-5,11,20H,2,8-10H2. The summed E-state index contributed by atoms with van der Waals surface area (Å²) in [6, 6.07) is 7.35. The average molecular weight is 285 g/mol. The molecule has 0 fully saturated rings. The summed E-state index contributed by atoms with van der Waals surface area (Å²) in [5.74, 6) is 3.81. The van der Waals surface area contributed by atoms with Crippen LogP contribution in [-0.4, -0.2) is 35.6 Å². The number of hydrogen-bond acceptors (Lipinski definition) is 4. The Morgan fingerprint density at radius 1 is 1.29 bits per heavy atom. The first-order valence-electron chi connectivity index (χ1n) is 6.06. The van der Waals surface area contributed by atoms with Crippen molar-refractivity contribution in [2.45, 2.75) is 6.42 Å². The molecule has 0 aliphatic carbocycles. The van der Waals surface area contributed by atoms with Gasteiger partial charge in [-0.25, -0.2) is 4.39 Å². The smallest absolute Gasteiger partial charge is 0.258 e. The van der Waals surface area contributed by atoms with Crippen LogP contribution in [0, 0.1) is 40.3 Å². The first-order valence-corrected chi connectivity index (χ1v) is 6.06. The van der Waals surface area contributed by atoms with Gasteiger partial charge in [-0.2, -0.15) is 10.5 Å². The summed E-state index contributed by atoms with van der Waals surface area (Å²) in [5.41, 5.74) is 0.165. The number of nitriles is 2. The minimum Gasteiger partial charge on any atom is -0.395 e. The highest BCUT2D eigenvalue weighted by Gasteiger charge is 2.18. The zero-order chi connectivity index (χ0) is 15.7. The zero-order valence-electron chi connectivity index (χ0n) is 11.1. The number of nitrogens with zero attached hydrogens (tertiary/aromatic N) is 3. The predicted molar refractivity (Wildman–Crippen MR) is 72.1 cm³/mol. The van der Waals surface area contributed by atoms with Crippen molar-refractivity contribution in [3.05, 3.63) is 35.1 Å². The first-order chi connectivity index (χ1) is 10.1. The summed E-state index contributed by atoms with van der Waals surface area (Å²) >= 11 is 0. The fraction of sp³-hybridized carbons (Fsp3) is 0.267. The number of amides is 1. The Balaban J connectivity index is 2.99. The molecule has 0 spiro atoms. The molecule has 0 saturated carbocycles. The second-order valence-electron chi connectivity index (χ2n) is 3.95. The largest absolute Gasteiger partial charge is 0.395 e. The van der Waals surface area contributed by atoms with Crippen molar-refractivity contribution in [3.63, 3.8) is 0 Å². The molecule has 0 aliphatic rings. The molecule has 1 N–H and O–H groups in total. The van der Waals surface area contributed by atoms with Gasteiger partial charge in [-0.05, 0) is 18.2 Å². The highest BCUT2D eigenvalue weighted by Crippen LogP contribution is 2.12. The second kappa shape index (κ2) is 8.32. The molecule has 6 heteroatoms. The molecule has 0 radical (unpaired) electrons. The number of hydrogen-bond donors (Lipinski definition) is 1. The molecular weight excluding hydrogens is 273 g/mol. The molecule has 1 aromatic carbocycles. The van der Waals surface area contributed by atoms with Crippen molar-refractivity contribution in [3.8, 4) is 24.0 Å². The Bertz CT molecular complexity index is 646. The van der Waals surface area contributed by atoms with Gasteiger partial charge in [0.15, 0.2) is 0 Å². The Hall–Kier alpha value is -2.88. The molecule has 5 nitrogen and oxygen atoms in total. The third-order valence-electron chi connectivity index (χ3n) is 2.48. The minimum absolute atomic E-state index is 0.0800. The lowest BCUT2D eigenvalue weighted by Gasteiger charge is -2.16. The van der Waals surface area contributed by atoms with E-state index in [0.717, 1.165) is 11.0 Å². The molecule has 0 aromatic heterocycles. The maximum absolute atomic E-state index is 13.9. The number of rotatable bonds is 4. The van der Waals surface area contributed by atoms with E-state index < -0.39 is 11.7 Å². The lowest BCUT2D eigenvalue weighted by Crippen LogP contribution is -2.32. The molecule has 0 heterocycles. The third kappa shape index (κ3) is 4.62. The van der Waals surface area contributed by atoms with Gasteiger partial charge in [-0.1, -0.05) is 11.8 Å². The van der Waals surface area contributed by atoms with Crippen molar-refractivity contribution in [1.82, 2.24) is 4.90 Å². The lowest BCUT2D eigenvalue weighted by molar-refractivity contribution is 0.0790. The van der Waals surface area contributed by atoms with E-state index in [9.17, 15) is 9.18 Å². The van der Waals surface area contributed by atoms with Crippen LogP contribution in [-0.2, 0) is 0 Å². The molecule has 1 amide bonds. The summed E-state index contributed by atoms with van der Waals surface area (Å²) < 4.78 is 13.9. The van der Waals surface area contributed by atoms with Crippen LogP contribution in [0.15, 0.2) is 18.2 Å². The SMILES string of the molecule is N#CCN(CC#N)C(=O)c1ccc(C#CCCO)cc1F. The second-order valence-corrected chi connectivity index (χ2v) is 3.95. The summed E-state index contributed by atoms with van der Waals surface area (Å²) in [4.78, 5) is 13.0. The Labute approximate surface area is 121 Å². The van der Waals surface area contributed by atoms with Gasteiger partial charge < -0.3 is 10.0 Å². The van der Waals surface area contributed by atoms with Crippen LogP contribution in [0.3, 0.4) is 0 Å². The molecule has 21 heavy (non-hydrogen) atoms. The van der Waals surface area contributed by atoms with Crippen molar-refractivity contribution in [1.29, 1.82) is 10.5 Å². The third-order valence-corrected chi connectivity index (χ3v) is 2.48. The topological polar surface area (TPSA) is 88.1 Å². The van der Waals surface area contributed by atoms with E-state index in [1.54, 1.807) is 12.1 Å². The van der Waals surface area contributed by atoms with Gasteiger partial charge in [0.25, 0.3) is 5.91 Å². The van der Waals surface area contributed by atoms with Crippen LogP contribution in [0.2, 0.25) is 0 Å². The highest BCUT2D eigenvalue weighted by molar-refractivity contribution is 5.95. The van der Waals surface area contributed by atoms with Crippen LogP contribution >= 0.6 is 0 Å². The summed E-state index contributed by atoms with van der Waals surface area (Å²) in [5, 5.41) is 25.8. The van der Waals surface area contributed by atoms with Gasteiger partial charge in [0, 0.05) is 12.0 Å². The van der Waals surface area contributed by atoms with Gasteiger partial charge in [0.2, 0.25) is 0 Å². The van der Waals surface area contributed by atoms with E-state index in [4.69, 9.17) is 15.6 Å². The van der Waals surface area contributed by atoms with Crippen LogP contribution in [0.25, 0.3) is 0 Å². The fourth-order valence-electron chi connectivity index (χ4n) is 1.53. The van der Waals surface area contributed by atoms with Crippen LogP contribution in [0.5, 0.6) is 0 Å². The molecule has 0 aliphatic heterocycles. The van der Waals surface area contributed by atoms with Gasteiger partial charge >= 0.3 is 0 Å². The molecular formula is C15H12FN3O2. The normalized spacial score (nSPS) is 8.95. The Morgan fingerprint density at radius 3 is 2.48 bits per heavy atom. The van der Waals surface area contributed by atoms with E-state index in [-0.39, 0.29) is 31.7 Å². The molecule has 106 valence electrons. The number of halogens is 1. The number of carbonyl (C=O) groups is 1. The minimum atomic E-state index is -0.767. The van der Waals surface area contributed by atoms with Crippen LogP contribution < -0.4 is 0 Å². The van der Waals surface area contributed by atoms with Gasteiger partial charge in [0.1, 0.15) is 18.9 Å². The Morgan fingerprint density at radius 2 is 1.95 bits per heavy atom. The van der Waals surface area contributed by atoms with Crippen molar-refractivity contribution < 1.29 is 14.3 Å². The molecule has 1 rings (SSSR count). The van der Waals surface area contributed by atoms with Crippen LogP contribution in [0.4, 0.5) is 4.39 Å². The highest BCUT2D eigenvalue weighted by atomic mass is 19.1. The van der Waals surface area contributed by atoms with Gasteiger partial charge in [-0.15, -0.1) is 0 Å². The van der Waals surface area contributed by atoms with Crippen molar-refractivity contribution in [2.24, 2.45) is 0 Å². The number of benzene rings is 1. The quantitative estimate of drug-likeness (QED) is 0.661. The molecule has 0 unspecified atom stereocenters. The molecule has 0 atom stereocenters. The van der Waals surface area contributed by atoms with Crippen LogP contribution in [0.1, 0.15) is 22.3 Å². The molecule has 1 aromatic rings. The summed E-state index contributed by atoms with van der Waals surface area (Å²) in [6.07, 6.45) is 0.278. The van der Waals surface area contributed by atoms with Gasteiger partial charge in [0.05, 0.1) is 24.3 Å². The van der Waals surface area contributed by atoms with Crippen molar-refractivity contribution >= 4 is 5.91 Å². The predicted octanol–water partition coefficient (Wildman–Crippen LogP) is 1.05. The van der Waals surface area contributed by atoms with E-state index in [1.165, 1.54) is 12.1 Å².